The van der Waals surface area contributed by atoms with Crippen LogP contribution in [0.3, 0.4) is 0 Å². The van der Waals surface area contributed by atoms with Gasteiger partial charge in [0.05, 0.1) is 0 Å². The van der Waals surface area contributed by atoms with Crippen LogP contribution in [-0.4, -0.2) is 19.7 Å². The number of rotatable bonds is 4. The summed E-state index contributed by atoms with van der Waals surface area (Å²) in [7, 11) is 0. The van der Waals surface area contributed by atoms with Crippen molar-refractivity contribution in [2.24, 2.45) is 0 Å². The van der Waals surface area contributed by atoms with Gasteiger partial charge in [-0.25, -0.2) is 4.98 Å². The van der Waals surface area contributed by atoms with Gasteiger partial charge in [0, 0.05) is 12.1 Å². The summed E-state index contributed by atoms with van der Waals surface area (Å²) in [6, 6.07) is 15.6. The first-order valence-corrected chi connectivity index (χ1v) is 8.08. The molecule has 0 unspecified atom stereocenters. The maximum Gasteiger partial charge on any atom is 0.197 e. The number of hydrogen-bond acceptors (Lipinski definition) is 5. The second kappa shape index (κ2) is 6.63. The quantitative estimate of drug-likeness (QED) is 0.733. The van der Waals surface area contributed by atoms with Crippen molar-refractivity contribution in [2.75, 3.05) is 0 Å². The molecular formula is C17H15N5S. The van der Waals surface area contributed by atoms with Gasteiger partial charge in [0.15, 0.2) is 11.0 Å². The number of pyridine rings is 1. The van der Waals surface area contributed by atoms with Crippen molar-refractivity contribution in [1.29, 1.82) is 5.26 Å². The summed E-state index contributed by atoms with van der Waals surface area (Å²) in [6.45, 7) is 4.88. The molecule has 0 amide bonds. The molecule has 5 nitrogen and oxygen atoms in total. The van der Waals surface area contributed by atoms with Gasteiger partial charge in [-0.3, -0.25) is 0 Å². The Hall–Kier alpha value is -2.65. The number of benzene rings is 1. The van der Waals surface area contributed by atoms with Gasteiger partial charge in [-0.2, -0.15) is 5.26 Å². The van der Waals surface area contributed by atoms with Crippen LogP contribution in [-0.2, 0) is 6.54 Å². The topological polar surface area (TPSA) is 67.4 Å². The first kappa shape index (κ1) is 15.3. The highest BCUT2D eigenvalue weighted by atomic mass is 32.2. The van der Waals surface area contributed by atoms with E-state index in [1.807, 2.05) is 24.3 Å². The van der Waals surface area contributed by atoms with Crippen molar-refractivity contribution in [3.63, 3.8) is 0 Å². The predicted octanol–water partition coefficient (Wildman–Crippen LogP) is 3.69. The van der Waals surface area contributed by atoms with Gasteiger partial charge in [0.1, 0.15) is 16.8 Å². The van der Waals surface area contributed by atoms with E-state index in [1.54, 1.807) is 6.07 Å². The van der Waals surface area contributed by atoms with Crippen LogP contribution in [0, 0.1) is 18.3 Å². The summed E-state index contributed by atoms with van der Waals surface area (Å²) in [6.07, 6.45) is 0. The lowest BCUT2D eigenvalue weighted by molar-refractivity contribution is 0.686. The van der Waals surface area contributed by atoms with E-state index >= 15 is 0 Å². The fourth-order valence-corrected chi connectivity index (χ4v) is 3.16. The molecule has 3 rings (SSSR count). The maximum absolute atomic E-state index is 8.95. The molecule has 0 spiro atoms. The molecule has 0 aliphatic heterocycles. The lowest BCUT2D eigenvalue weighted by Crippen LogP contribution is -2.00. The average molecular weight is 321 g/mol. The minimum Gasteiger partial charge on any atom is -0.302 e. The molecule has 0 fully saturated rings. The van der Waals surface area contributed by atoms with E-state index in [0.717, 1.165) is 28.1 Å². The Balaban J connectivity index is 1.97. The fraction of sp³-hybridized carbons (Fsp3) is 0.176. The summed E-state index contributed by atoms with van der Waals surface area (Å²) in [5.74, 6) is 0.843. The Labute approximate surface area is 139 Å². The van der Waals surface area contributed by atoms with E-state index in [4.69, 9.17) is 5.26 Å². The molecular weight excluding hydrogens is 306 g/mol. The van der Waals surface area contributed by atoms with Crippen molar-refractivity contribution in [1.82, 2.24) is 19.7 Å². The molecule has 2 heterocycles. The molecule has 2 aromatic heterocycles. The van der Waals surface area contributed by atoms with Crippen LogP contribution in [0.2, 0.25) is 0 Å². The summed E-state index contributed by atoms with van der Waals surface area (Å²) in [5, 5.41) is 19.1. The van der Waals surface area contributed by atoms with E-state index in [9.17, 15) is 0 Å². The average Bonchev–Trinajstić information content (AvgIpc) is 2.97. The van der Waals surface area contributed by atoms with Gasteiger partial charge in [-0.1, -0.05) is 29.8 Å². The third kappa shape index (κ3) is 3.25. The molecule has 114 valence electrons. The van der Waals surface area contributed by atoms with E-state index in [2.05, 4.69) is 51.8 Å². The van der Waals surface area contributed by atoms with Gasteiger partial charge < -0.3 is 4.57 Å². The predicted molar refractivity (Wildman–Crippen MR) is 88.9 cm³/mol. The third-order valence-electron chi connectivity index (χ3n) is 3.34. The molecule has 0 aliphatic carbocycles. The standard InChI is InChI=1S/C17H15N5S/c1-3-22-16(13-7-4-6-12(2)10-13)20-21-17(22)23-15-9-5-8-14(11-18)19-15/h4-10H,3H2,1-2H3. The second-order valence-electron chi connectivity index (χ2n) is 4.99. The summed E-state index contributed by atoms with van der Waals surface area (Å²) in [5.41, 5.74) is 2.63. The maximum atomic E-state index is 8.95. The number of aromatic nitrogens is 4. The Morgan fingerprint density at radius 2 is 2.00 bits per heavy atom. The highest BCUT2D eigenvalue weighted by Crippen LogP contribution is 2.28. The smallest absolute Gasteiger partial charge is 0.197 e. The lowest BCUT2D eigenvalue weighted by atomic mass is 10.1. The van der Waals surface area contributed by atoms with E-state index in [-0.39, 0.29) is 0 Å². The normalized spacial score (nSPS) is 10.5. The molecule has 0 aliphatic rings. The Morgan fingerprint density at radius 1 is 1.17 bits per heavy atom. The molecule has 0 N–H and O–H groups in total. The zero-order valence-electron chi connectivity index (χ0n) is 12.9. The first-order chi connectivity index (χ1) is 11.2. The van der Waals surface area contributed by atoms with Crippen LogP contribution >= 0.6 is 11.8 Å². The summed E-state index contributed by atoms with van der Waals surface area (Å²) >= 11 is 1.42. The molecule has 0 bridgehead atoms. The molecule has 0 radical (unpaired) electrons. The van der Waals surface area contributed by atoms with Crippen molar-refractivity contribution < 1.29 is 0 Å². The van der Waals surface area contributed by atoms with Crippen molar-refractivity contribution in [2.45, 2.75) is 30.6 Å². The Morgan fingerprint density at radius 3 is 2.74 bits per heavy atom. The highest BCUT2D eigenvalue weighted by molar-refractivity contribution is 7.99. The molecule has 0 saturated carbocycles. The van der Waals surface area contributed by atoms with Crippen LogP contribution in [0.15, 0.2) is 52.6 Å². The van der Waals surface area contributed by atoms with E-state index < -0.39 is 0 Å². The SMILES string of the molecule is CCn1c(Sc2cccc(C#N)n2)nnc1-c1cccc(C)c1. The Bertz CT molecular complexity index is 879. The number of aryl methyl sites for hydroxylation is 1. The molecule has 6 heteroatoms. The molecule has 1 aromatic carbocycles. The van der Waals surface area contributed by atoms with Crippen LogP contribution in [0.5, 0.6) is 0 Å². The van der Waals surface area contributed by atoms with Gasteiger partial charge >= 0.3 is 0 Å². The minimum atomic E-state index is 0.400. The largest absolute Gasteiger partial charge is 0.302 e. The van der Waals surface area contributed by atoms with Gasteiger partial charge in [-0.15, -0.1) is 10.2 Å². The monoisotopic (exact) mass is 321 g/mol. The van der Waals surface area contributed by atoms with Crippen molar-refractivity contribution >= 4 is 11.8 Å². The van der Waals surface area contributed by atoms with E-state index in [1.165, 1.54) is 17.3 Å². The van der Waals surface area contributed by atoms with Crippen LogP contribution in [0.25, 0.3) is 11.4 Å². The van der Waals surface area contributed by atoms with Crippen LogP contribution in [0.4, 0.5) is 0 Å². The van der Waals surface area contributed by atoms with E-state index in [0.29, 0.717) is 5.69 Å². The summed E-state index contributed by atoms with van der Waals surface area (Å²) in [4.78, 5) is 4.28. The number of nitrogens with zero attached hydrogens (tertiary/aromatic N) is 5. The van der Waals surface area contributed by atoms with Crippen molar-refractivity contribution in [3.8, 4) is 17.5 Å². The number of hydrogen-bond donors (Lipinski definition) is 0. The Kier molecular flexibility index (Phi) is 4.40. The van der Waals surface area contributed by atoms with Crippen molar-refractivity contribution in [3.05, 3.63) is 53.7 Å². The second-order valence-corrected chi connectivity index (χ2v) is 5.98. The molecule has 3 aromatic rings. The molecule has 0 saturated heterocycles. The first-order valence-electron chi connectivity index (χ1n) is 7.26. The molecule has 0 atom stereocenters. The third-order valence-corrected chi connectivity index (χ3v) is 4.26. The zero-order valence-corrected chi connectivity index (χ0v) is 13.7. The van der Waals surface area contributed by atoms with Crippen LogP contribution < -0.4 is 0 Å². The zero-order chi connectivity index (χ0) is 16.2. The fourth-order valence-electron chi connectivity index (χ4n) is 2.27. The number of nitriles is 1. The highest BCUT2D eigenvalue weighted by Gasteiger charge is 2.14. The minimum absolute atomic E-state index is 0.400. The van der Waals surface area contributed by atoms with Gasteiger partial charge in [0.25, 0.3) is 0 Å². The van der Waals surface area contributed by atoms with Gasteiger partial charge in [0.2, 0.25) is 0 Å². The summed E-state index contributed by atoms with van der Waals surface area (Å²) < 4.78 is 2.06. The van der Waals surface area contributed by atoms with Crippen LogP contribution in [0.1, 0.15) is 18.2 Å². The lowest BCUT2D eigenvalue weighted by Gasteiger charge is -2.07. The van der Waals surface area contributed by atoms with Gasteiger partial charge in [-0.05, 0) is 43.8 Å². The molecule has 23 heavy (non-hydrogen) atoms.